The van der Waals surface area contributed by atoms with Crippen molar-refractivity contribution in [2.24, 2.45) is 0 Å². The van der Waals surface area contributed by atoms with Gasteiger partial charge in [0.25, 0.3) is 0 Å². The molecule has 0 aliphatic carbocycles. The lowest BCUT2D eigenvalue weighted by atomic mass is 10.2. The number of hydrogen-bond donors (Lipinski definition) is 0. The van der Waals surface area contributed by atoms with Crippen LogP contribution in [0, 0.1) is 6.07 Å². The largest absolute Gasteiger partial charge is 0.104 e. The van der Waals surface area contributed by atoms with Gasteiger partial charge in [0.1, 0.15) is 3.23 Å². The third kappa shape index (κ3) is 2.56. The highest BCUT2D eigenvalue weighted by molar-refractivity contribution is 9.24. The molecule has 0 heterocycles. The monoisotopic (exact) mass is 417 g/mol. The van der Waals surface area contributed by atoms with E-state index in [-0.39, 0.29) is 3.23 Å². The van der Waals surface area contributed by atoms with Crippen molar-refractivity contribution >= 4 is 63.7 Å². The predicted molar refractivity (Wildman–Crippen MR) is 65.9 cm³/mol. The molecule has 0 saturated carbocycles. The minimum atomic E-state index is -0.198. The molecular formula is C8H5Br4. The van der Waals surface area contributed by atoms with Crippen LogP contribution in [-0.2, 0) is 3.23 Å². The SMILES string of the molecule is CC(Br)(Br)c1cc[c]c(Br)c1Br. The van der Waals surface area contributed by atoms with E-state index in [9.17, 15) is 0 Å². The van der Waals surface area contributed by atoms with Crippen molar-refractivity contribution < 1.29 is 0 Å². The smallest absolute Gasteiger partial charge is 0.0677 e. The zero-order chi connectivity index (χ0) is 9.35. The standard InChI is InChI=1S/C8H5Br4/c1-8(11,12)5-3-2-4-6(9)7(5)10/h2-3H,1H3. The molecule has 1 radical (unpaired) electrons. The summed E-state index contributed by atoms with van der Waals surface area (Å²) in [5, 5.41) is 0. The fourth-order valence-electron chi connectivity index (χ4n) is 0.792. The summed E-state index contributed by atoms with van der Waals surface area (Å²) in [7, 11) is 0. The van der Waals surface area contributed by atoms with E-state index < -0.39 is 0 Å². The summed E-state index contributed by atoms with van der Waals surface area (Å²) >= 11 is 13.9. The van der Waals surface area contributed by atoms with Gasteiger partial charge in [-0.25, -0.2) is 0 Å². The Balaban J connectivity index is 3.26. The molecule has 12 heavy (non-hydrogen) atoms. The normalized spacial score (nSPS) is 11.8. The summed E-state index contributed by atoms with van der Waals surface area (Å²) in [4.78, 5) is 0. The summed E-state index contributed by atoms with van der Waals surface area (Å²) in [6.07, 6.45) is 0. The molecule has 0 unspecified atom stereocenters. The molecule has 0 amide bonds. The Morgan fingerprint density at radius 2 is 1.92 bits per heavy atom. The van der Waals surface area contributed by atoms with Crippen molar-refractivity contribution in [1.82, 2.24) is 0 Å². The second kappa shape index (κ2) is 4.11. The lowest BCUT2D eigenvalue weighted by Gasteiger charge is -2.16. The first-order chi connectivity index (χ1) is 5.43. The van der Waals surface area contributed by atoms with Crippen molar-refractivity contribution in [3.8, 4) is 0 Å². The maximum absolute atomic E-state index is 3.52. The minimum Gasteiger partial charge on any atom is -0.0677 e. The van der Waals surface area contributed by atoms with E-state index in [4.69, 9.17) is 0 Å². The highest BCUT2D eigenvalue weighted by Gasteiger charge is 2.21. The average Bonchev–Trinajstić information content (AvgIpc) is 1.92. The molecule has 0 aliphatic heterocycles. The molecule has 0 aromatic heterocycles. The van der Waals surface area contributed by atoms with Crippen LogP contribution in [0.5, 0.6) is 0 Å². The topological polar surface area (TPSA) is 0 Å². The van der Waals surface area contributed by atoms with Crippen molar-refractivity contribution in [1.29, 1.82) is 0 Å². The van der Waals surface area contributed by atoms with Crippen LogP contribution in [0.1, 0.15) is 12.5 Å². The molecule has 0 N–H and O–H groups in total. The third-order valence-corrected chi connectivity index (χ3v) is 4.20. The first-order valence-corrected chi connectivity index (χ1v) is 6.34. The van der Waals surface area contributed by atoms with Crippen molar-refractivity contribution in [3.63, 3.8) is 0 Å². The second-order valence-corrected chi connectivity index (χ2v) is 8.23. The van der Waals surface area contributed by atoms with Crippen LogP contribution in [0.15, 0.2) is 21.1 Å². The molecule has 0 atom stereocenters. The molecule has 1 aromatic rings. The van der Waals surface area contributed by atoms with Gasteiger partial charge in [-0.05, 0) is 50.4 Å². The lowest BCUT2D eigenvalue weighted by Crippen LogP contribution is -2.03. The molecule has 65 valence electrons. The second-order valence-electron chi connectivity index (χ2n) is 2.41. The molecule has 0 spiro atoms. The Kier molecular flexibility index (Phi) is 3.84. The van der Waals surface area contributed by atoms with Gasteiger partial charge in [-0.15, -0.1) is 0 Å². The van der Waals surface area contributed by atoms with Gasteiger partial charge in [0.15, 0.2) is 0 Å². The lowest BCUT2D eigenvalue weighted by molar-refractivity contribution is 1.04. The summed E-state index contributed by atoms with van der Waals surface area (Å²) in [6.45, 7) is 2.03. The Bertz CT molecular complexity index is 288. The molecule has 1 rings (SSSR count). The summed E-state index contributed by atoms with van der Waals surface area (Å²) < 4.78 is 1.75. The summed E-state index contributed by atoms with van der Waals surface area (Å²) in [5.74, 6) is 0. The van der Waals surface area contributed by atoms with Gasteiger partial charge in [0.2, 0.25) is 0 Å². The summed E-state index contributed by atoms with van der Waals surface area (Å²) in [6, 6.07) is 6.92. The van der Waals surface area contributed by atoms with E-state index >= 15 is 0 Å². The number of halogens is 4. The molecule has 0 bridgehead atoms. The quantitative estimate of drug-likeness (QED) is 0.563. The zero-order valence-electron chi connectivity index (χ0n) is 6.17. The highest BCUT2D eigenvalue weighted by Crippen LogP contribution is 2.42. The Hall–Kier alpha value is 1.14. The van der Waals surface area contributed by atoms with Gasteiger partial charge in [-0.3, -0.25) is 0 Å². The van der Waals surface area contributed by atoms with Crippen LogP contribution in [0.4, 0.5) is 0 Å². The van der Waals surface area contributed by atoms with Crippen LogP contribution in [0.3, 0.4) is 0 Å². The molecule has 4 heteroatoms. The molecule has 0 nitrogen and oxygen atoms in total. The molecule has 1 aromatic carbocycles. The Labute approximate surface area is 106 Å². The van der Waals surface area contributed by atoms with E-state index in [1.807, 2.05) is 19.1 Å². The van der Waals surface area contributed by atoms with Gasteiger partial charge in [-0.1, -0.05) is 44.0 Å². The Morgan fingerprint density at radius 1 is 1.33 bits per heavy atom. The van der Waals surface area contributed by atoms with E-state index in [0.29, 0.717) is 0 Å². The van der Waals surface area contributed by atoms with E-state index in [1.165, 1.54) is 0 Å². The van der Waals surface area contributed by atoms with Gasteiger partial charge >= 0.3 is 0 Å². The van der Waals surface area contributed by atoms with E-state index in [0.717, 1.165) is 14.5 Å². The fourth-order valence-corrected chi connectivity index (χ4v) is 2.97. The van der Waals surface area contributed by atoms with Crippen LogP contribution >= 0.6 is 63.7 Å². The molecule has 0 saturated heterocycles. The third-order valence-electron chi connectivity index (χ3n) is 1.36. The molecule has 0 aliphatic rings. The average molecular weight is 421 g/mol. The van der Waals surface area contributed by atoms with Crippen LogP contribution < -0.4 is 0 Å². The van der Waals surface area contributed by atoms with Crippen LogP contribution in [0.2, 0.25) is 0 Å². The maximum atomic E-state index is 3.52. The van der Waals surface area contributed by atoms with Gasteiger partial charge < -0.3 is 0 Å². The molecular weight excluding hydrogens is 416 g/mol. The number of hydrogen-bond acceptors (Lipinski definition) is 0. The highest BCUT2D eigenvalue weighted by atomic mass is 79.9. The van der Waals surface area contributed by atoms with Gasteiger partial charge in [0.05, 0.1) is 0 Å². The van der Waals surface area contributed by atoms with Gasteiger partial charge in [0, 0.05) is 8.95 Å². The van der Waals surface area contributed by atoms with Crippen LogP contribution in [0.25, 0.3) is 0 Å². The van der Waals surface area contributed by atoms with E-state index in [1.54, 1.807) is 0 Å². The number of rotatable bonds is 1. The van der Waals surface area contributed by atoms with E-state index in [2.05, 4.69) is 69.8 Å². The summed E-state index contributed by atoms with van der Waals surface area (Å²) in [5.41, 5.74) is 1.13. The van der Waals surface area contributed by atoms with Crippen molar-refractivity contribution in [2.75, 3.05) is 0 Å². The Morgan fingerprint density at radius 3 is 2.33 bits per heavy atom. The minimum absolute atomic E-state index is 0.198. The fraction of sp³-hybridized carbons (Fsp3) is 0.250. The predicted octanol–water partition coefficient (Wildman–Crippen LogP) is 4.97. The number of alkyl halides is 2. The first kappa shape index (κ1) is 11.2. The zero-order valence-corrected chi connectivity index (χ0v) is 12.5. The maximum Gasteiger partial charge on any atom is 0.104 e. The number of benzene rings is 1. The van der Waals surface area contributed by atoms with Crippen molar-refractivity contribution in [3.05, 3.63) is 32.7 Å². The molecule has 0 fully saturated rings. The van der Waals surface area contributed by atoms with Crippen molar-refractivity contribution in [2.45, 2.75) is 10.2 Å². The first-order valence-electron chi connectivity index (χ1n) is 3.17. The van der Waals surface area contributed by atoms with Crippen LogP contribution in [-0.4, -0.2) is 0 Å². The van der Waals surface area contributed by atoms with Gasteiger partial charge in [-0.2, -0.15) is 0 Å².